The van der Waals surface area contributed by atoms with Gasteiger partial charge in [0.25, 0.3) is 5.91 Å². The molecule has 0 spiro atoms. The molecule has 1 N–H and O–H groups in total. The lowest BCUT2D eigenvalue weighted by atomic mass is 9.92. The second kappa shape index (κ2) is 9.83. The fourth-order valence-electron chi connectivity index (χ4n) is 5.60. The number of nitrogens with zero attached hydrogens (tertiary/aromatic N) is 3. The number of aryl methyl sites for hydroxylation is 2. The van der Waals surface area contributed by atoms with Gasteiger partial charge in [-0.3, -0.25) is 19.3 Å². The summed E-state index contributed by atoms with van der Waals surface area (Å²) in [6, 6.07) is 13.7. The Morgan fingerprint density at radius 2 is 1.58 bits per heavy atom. The highest BCUT2D eigenvalue weighted by Gasteiger charge is 2.51. The van der Waals surface area contributed by atoms with E-state index in [0.717, 1.165) is 53.0 Å². The van der Waals surface area contributed by atoms with Gasteiger partial charge in [0, 0.05) is 32.4 Å². The first kappa shape index (κ1) is 25.8. The molecule has 7 nitrogen and oxygen atoms in total. The molecule has 200 valence electrons. The summed E-state index contributed by atoms with van der Waals surface area (Å²) in [4.78, 5) is 26.8. The molecule has 2 heterocycles. The molecule has 2 atom stereocenters. The number of fused-ring (bicyclic) bond motifs is 3. The Bertz CT molecular complexity index is 1370. The topological polar surface area (TPSA) is 75.0 Å². The van der Waals surface area contributed by atoms with Crippen LogP contribution in [0.15, 0.2) is 65.6 Å². The fourth-order valence-corrected chi connectivity index (χ4v) is 5.60. The van der Waals surface area contributed by atoms with Gasteiger partial charge >= 0.3 is 6.18 Å². The van der Waals surface area contributed by atoms with Crippen LogP contribution in [-0.2, 0) is 17.6 Å². The van der Waals surface area contributed by atoms with E-state index in [4.69, 9.17) is 4.74 Å². The first-order chi connectivity index (χ1) is 18.1. The number of aromatic hydroxyl groups is 1. The maximum absolute atomic E-state index is 14.2. The summed E-state index contributed by atoms with van der Waals surface area (Å²) in [5.74, 6) is -1.96. The zero-order valence-corrected chi connectivity index (χ0v) is 21.0. The largest absolute Gasteiger partial charge is 0.502 e. The summed E-state index contributed by atoms with van der Waals surface area (Å²) in [6.45, 7) is 0.992. The van der Waals surface area contributed by atoms with E-state index in [1.54, 1.807) is 5.01 Å². The molecule has 0 fully saturated rings. The van der Waals surface area contributed by atoms with Gasteiger partial charge in [-0.25, -0.2) is 0 Å². The third-order valence-corrected chi connectivity index (χ3v) is 7.46. The number of carbonyl (C=O) groups excluding carboxylic acids is 1. The second-order valence-corrected chi connectivity index (χ2v) is 9.59. The highest BCUT2D eigenvalue weighted by molar-refractivity contribution is 5.96. The van der Waals surface area contributed by atoms with Gasteiger partial charge in [0.1, 0.15) is 12.2 Å². The first-order valence-corrected chi connectivity index (χ1v) is 12.4. The van der Waals surface area contributed by atoms with Crippen LogP contribution in [-0.4, -0.2) is 52.7 Å². The molecule has 0 saturated heterocycles. The van der Waals surface area contributed by atoms with Crippen LogP contribution in [0.2, 0.25) is 0 Å². The molecule has 3 aromatic rings. The number of aromatic nitrogens is 1. The molecule has 5 rings (SSSR count). The summed E-state index contributed by atoms with van der Waals surface area (Å²) in [5.41, 5.74) is 2.45. The average molecular weight is 528 g/mol. The number of alkyl halides is 3. The molecular weight excluding hydrogens is 499 g/mol. The van der Waals surface area contributed by atoms with E-state index >= 15 is 0 Å². The van der Waals surface area contributed by atoms with Gasteiger partial charge in [0.2, 0.25) is 5.43 Å². The molecule has 38 heavy (non-hydrogen) atoms. The van der Waals surface area contributed by atoms with Crippen molar-refractivity contribution in [2.75, 3.05) is 18.7 Å². The van der Waals surface area contributed by atoms with Gasteiger partial charge < -0.3 is 14.7 Å². The minimum absolute atomic E-state index is 0.0514. The predicted molar refractivity (Wildman–Crippen MR) is 135 cm³/mol. The first-order valence-electron chi connectivity index (χ1n) is 12.4. The molecule has 1 aliphatic heterocycles. The zero-order valence-electron chi connectivity index (χ0n) is 21.0. The standard InChI is InChI=1S/C28H28F3N3O4/c1-17(28(29,30)31)33-23(14-16-38-2)34(32-15-13-22(35)26(36)25(32)27(33)37)24-20-9-5-3-7-18(20)11-12-19-8-4-6-10-21(19)24/h3-10,13,15,17,23-24,36H,11-12,14,16H2,1-2H3/t17-,23+/m1/s1. The van der Waals surface area contributed by atoms with Crippen LogP contribution in [0.4, 0.5) is 13.2 Å². The van der Waals surface area contributed by atoms with Crippen molar-refractivity contribution >= 4 is 5.91 Å². The number of rotatable bonds is 5. The Morgan fingerprint density at radius 1 is 1.00 bits per heavy atom. The number of ether oxygens (including phenoxy) is 1. The lowest BCUT2D eigenvalue weighted by Crippen LogP contribution is -2.66. The van der Waals surface area contributed by atoms with Gasteiger partial charge in [-0.15, -0.1) is 0 Å². The van der Waals surface area contributed by atoms with Crippen molar-refractivity contribution in [3.8, 4) is 5.75 Å². The van der Waals surface area contributed by atoms with Gasteiger partial charge in [0.15, 0.2) is 11.4 Å². The third-order valence-electron chi connectivity index (χ3n) is 7.46. The molecule has 10 heteroatoms. The number of methoxy groups -OCH3 is 1. The third kappa shape index (κ3) is 4.22. The normalized spacial score (nSPS) is 18.4. The molecule has 2 aliphatic rings. The molecule has 0 saturated carbocycles. The highest BCUT2D eigenvalue weighted by Crippen LogP contribution is 2.42. The van der Waals surface area contributed by atoms with Crippen LogP contribution < -0.4 is 10.4 Å². The Morgan fingerprint density at radius 3 is 2.13 bits per heavy atom. The van der Waals surface area contributed by atoms with Crippen LogP contribution in [0.5, 0.6) is 5.75 Å². The average Bonchev–Trinajstić information content (AvgIpc) is 3.05. The molecule has 0 radical (unpaired) electrons. The van der Waals surface area contributed by atoms with Gasteiger partial charge in [-0.1, -0.05) is 48.5 Å². The minimum atomic E-state index is -4.75. The molecule has 1 aromatic heterocycles. The molecule has 2 aromatic carbocycles. The summed E-state index contributed by atoms with van der Waals surface area (Å²) < 4.78 is 49.2. The van der Waals surface area contributed by atoms with Crippen molar-refractivity contribution in [2.24, 2.45) is 0 Å². The number of hydrogen-bond donors (Lipinski definition) is 1. The van der Waals surface area contributed by atoms with Gasteiger partial charge in [-0.2, -0.15) is 13.2 Å². The summed E-state index contributed by atoms with van der Waals surface area (Å²) >= 11 is 0. The molecule has 1 aliphatic carbocycles. The van der Waals surface area contributed by atoms with E-state index in [-0.39, 0.29) is 13.0 Å². The Kier molecular flexibility index (Phi) is 6.68. The summed E-state index contributed by atoms with van der Waals surface area (Å²) in [6.07, 6.45) is -3.01. The van der Waals surface area contributed by atoms with Crippen molar-refractivity contribution in [3.63, 3.8) is 0 Å². The van der Waals surface area contributed by atoms with E-state index < -0.39 is 47.2 Å². The van der Waals surface area contributed by atoms with Crippen LogP contribution >= 0.6 is 0 Å². The maximum atomic E-state index is 14.2. The monoisotopic (exact) mass is 527 g/mol. The molecular formula is C28H28F3N3O4. The van der Waals surface area contributed by atoms with E-state index in [9.17, 15) is 27.9 Å². The number of halogens is 3. The van der Waals surface area contributed by atoms with Crippen molar-refractivity contribution < 1.29 is 27.8 Å². The zero-order chi connectivity index (χ0) is 27.2. The van der Waals surface area contributed by atoms with Crippen molar-refractivity contribution in [1.82, 2.24) is 9.58 Å². The Hall–Kier alpha value is -3.79. The minimum Gasteiger partial charge on any atom is -0.502 e. The number of amides is 1. The Balaban J connectivity index is 1.84. The van der Waals surface area contributed by atoms with Crippen LogP contribution in [0.3, 0.4) is 0 Å². The second-order valence-electron chi connectivity index (χ2n) is 9.59. The number of benzene rings is 2. The van der Waals surface area contributed by atoms with Crippen molar-refractivity contribution in [2.45, 2.75) is 50.6 Å². The van der Waals surface area contributed by atoms with Crippen LogP contribution in [0.1, 0.15) is 52.1 Å². The van der Waals surface area contributed by atoms with Crippen molar-refractivity contribution in [1.29, 1.82) is 0 Å². The quantitative estimate of drug-likeness (QED) is 0.540. The van der Waals surface area contributed by atoms with Crippen molar-refractivity contribution in [3.05, 3.63) is 99.0 Å². The van der Waals surface area contributed by atoms with E-state index in [0.29, 0.717) is 0 Å². The maximum Gasteiger partial charge on any atom is 0.408 e. The van der Waals surface area contributed by atoms with Gasteiger partial charge in [0.05, 0.1) is 6.04 Å². The summed E-state index contributed by atoms with van der Waals surface area (Å²) in [7, 11) is 1.44. The fraction of sp³-hybridized carbons (Fsp3) is 0.357. The SMILES string of the molecule is COCC[C@H]1N([C@H](C)C(F)(F)F)C(=O)c2c(O)c(=O)ccn2N1C1c2ccccc2CCc2ccccc21. The highest BCUT2D eigenvalue weighted by atomic mass is 19.4. The number of pyridine rings is 1. The van der Waals surface area contributed by atoms with E-state index in [1.165, 1.54) is 18.0 Å². The summed E-state index contributed by atoms with van der Waals surface area (Å²) in [5, 5.41) is 12.4. The number of hydrogen-bond acceptors (Lipinski definition) is 5. The van der Waals surface area contributed by atoms with Crippen LogP contribution in [0, 0.1) is 0 Å². The lowest BCUT2D eigenvalue weighted by molar-refractivity contribution is -0.179. The van der Waals surface area contributed by atoms with E-state index in [1.807, 2.05) is 48.5 Å². The van der Waals surface area contributed by atoms with E-state index in [2.05, 4.69) is 0 Å². The molecule has 0 unspecified atom stereocenters. The predicted octanol–water partition coefficient (Wildman–Crippen LogP) is 4.15. The number of carbonyl (C=O) groups is 1. The molecule has 0 bridgehead atoms. The van der Waals surface area contributed by atoms with Crippen LogP contribution in [0.25, 0.3) is 0 Å². The Labute approximate surface area is 217 Å². The molecule has 1 amide bonds. The lowest BCUT2D eigenvalue weighted by Gasteiger charge is -2.52. The van der Waals surface area contributed by atoms with Gasteiger partial charge in [-0.05, 0) is 42.0 Å². The smallest absolute Gasteiger partial charge is 0.408 e.